The van der Waals surface area contributed by atoms with E-state index in [1.807, 2.05) is 13.2 Å². The zero-order chi connectivity index (χ0) is 6.57. The molecule has 0 aliphatic heterocycles. The van der Waals surface area contributed by atoms with Gasteiger partial charge in [-0.3, -0.25) is 4.79 Å². The van der Waals surface area contributed by atoms with Gasteiger partial charge in [-0.2, -0.15) is 0 Å². The van der Waals surface area contributed by atoms with E-state index < -0.39 is 0 Å². The molecule has 0 spiro atoms. The number of hydrogen-bond donors (Lipinski definition) is 0. The normalized spacial score (nSPS) is 14.0. The van der Waals surface area contributed by atoms with Crippen molar-refractivity contribution in [3.63, 3.8) is 0 Å². The van der Waals surface area contributed by atoms with E-state index >= 15 is 0 Å². The van der Waals surface area contributed by atoms with Gasteiger partial charge in [0.25, 0.3) is 0 Å². The summed E-state index contributed by atoms with van der Waals surface area (Å²) in [6.07, 6.45) is 2.91. The zero-order valence-electron chi connectivity index (χ0n) is 5.77. The van der Waals surface area contributed by atoms with Gasteiger partial charge in [0.1, 0.15) is 0 Å². The minimum Gasteiger partial charge on any atom is -0.291 e. The van der Waals surface area contributed by atoms with Crippen molar-refractivity contribution in [2.24, 2.45) is 11.8 Å². The molecule has 0 amide bonds. The first-order valence-corrected chi connectivity index (χ1v) is 3.04. The summed E-state index contributed by atoms with van der Waals surface area (Å²) in [6, 6.07) is 0. The van der Waals surface area contributed by atoms with E-state index in [1.54, 1.807) is 0 Å². The first-order chi connectivity index (χ1) is 3.66. The number of carbonyl (C=O) groups excluding carboxylic acids is 1. The molecule has 0 saturated carbocycles. The van der Waals surface area contributed by atoms with E-state index in [-0.39, 0.29) is 5.92 Å². The highest BCUT2D eigenvalue weighted by Gasteiger charge is 2.02. The van der Waals surface area contributed by atoms with Crippen LogP contribution < -0.4 is 0 Å². The molecule has 1 radical (unpaired) electrons. The molecular formula is C7H13O. The number of rotatable bonds is 3. The summed E-state index contributed by atoms with van der Waals surface area (Å²) in [5, 5.41) is 0. The first kappa shape index (κ1) is 7.67. The average Bonchev–Trinajstić information content (AvgIpc) is 1.65. The maximum absolute atomic E-state index is 9.92. The van der Waals surface area contributed by atoms with Gasteiger partial charge in [0, 0.05) is 5.92 Å². The highest BCUT2D eigenvalue weighted by Crippen LogP contribution is 2.07. The van der Waals surface area contributed by atoms with Crippen molar-refractivity contribution in [3.8, 4) is 0 Å². The summed E-state index contributed by atoms with van der Waals surface area (Å²) < 4.78 is 0. The van der Waals surface area contributed by atoms with Crippen molar-refractivity contribution in [2.75, 3.05) is 0 Å². The largest absolute Gasteiger partial charge is 0.291 e. The second kappa shape index (κ2) is 3.65. The Morgan fingerprint density at radius 2 is 1.88 bits per heavy atom. The van der Waals surface area contributed by atoms with Gasteiger partial charge >= 0.3 is 0 Å². The molecule has 8 heavy (non-hydrogen) atoms. The van der Waals surface area contributed by atoms with Crippen molar-refractivity contribution in [2.45, 2.75) is 27.2 Å². The molecule has 0 rings (SSSR count). The lowest BCUT2D eigenvalue weighted by molar-refractivity contribution is 0.476. The van der Waals surface area contributed by atoms with Crippen LogP contribution in [0, 0.1) is 11.8 Å². The highest BCUT2D eigenvalue weighted by molar-refractivity contribution is 5.53. The van der Waals surface area contributed by atoms with Crippen molar-refractivity contribution in [3.05, 3.63) is 0 Å². The molecule has 1 unspecified atom stereocenters. The molecule has 0 bridgehead atoms. The van der Waals surface area contributed by atoms with E-state index in [9.17, 15) is 4.79 Å². The monoisotopic (exact) mass is 113 g/mol. The van der Waals surface area contributed by atoms with Crippen molar-refractivity contribution in [1.82, 2.24) is 0 Å². The van der Waals surface area contributed by atoms with Crippen LogP contribution in [0.3, 0.4) is 0 Å². The predicted molar refractivity (Wildman–Crippen MR) is 34.3 cm³/mol. The van der Waals surface area contributed by atoms with E-state index in [0.717, 1.165) is 6.42 Å². The Morgan fingerprint density at radius 1 is 1.38 bits per heavy atom. The predicted octanol–water partition coefficient (Wildman–Crippen LogP) is 1.78. The van der Waals surface area contributed by atoms with Crippen LogP contribution in [0.1, 0.15) is 27.2 Å². The summed E-state index contributed by atoms with van der Waals surface area (Å²) in [5.41, 5.74) is 0. The van der Waals surface area contributed by atoms with Crippen LogP contribution in [0.5, 0.6) is 0 Å². The maximum atomic E-state index is 9.92. The molecule has 0 aliphatic rings. The lowest BCUT2D eigenvalue weighted by Gasteiger charge is -2.03. The highest BCUT2D eigenvalue weighted by atomic mass is 16.1. The first-order valence-electron chi connectivity index (χ1n) is 3.04. The van der Waals surface area contributed by atoms with Crippen LogP contribution >= 0.6 is 0 Å². The van der Waals surface area contributed by atoms with Gasteiger partial charge in [-0.1, -0.05) is 20.8 Å². The lowest BCUT2D eigenvalue weighted by atomic mass is 10.0. The van der Waals surface area contributed by atoms with Crippen LogP contribution in [-0.4, -0.2) is 6.29 Å². The van der Waals surface area contributed by atoms with Crippen LogP contribution in [0.25, 0.3) is 0 Å². The smallest absolute Gasteiger partial charge is 0.201 e. The molecule has 1 heteroatoms. The van der Waals surface area contributed by atoms with Crippen LogP contribution in [-0.2, 0) is 4.79 Å². The Morgan fingerprint density at radius 3 is 2.00 bits per heavy atom. The molecule has 0 aromatic heterocycles. The molecule has 0 aromatic carbocycles. The minimum atomic E-state index is 0.120. The summed E-state index contributed by atoms with van der Waals surface area (Å²) in [6.45, 7) is 6.11. The fourth-order valence-corrected chi connectivity index (χ4v) is 0.755. The standard InChI is InChI=1S/C7H13O/c1-6(2)4-7(3)5-8/h6-7H,4H2,1-3H3. The lowest BCUT2D eigenvalue weighted by Crippen LogP contribution is -1.99. The Kier molecular flexibility index (Phi) is 3.49. The summed E-state index contributed by atoms with van der Waals surface area (Å²) >= 11 is 0. The second-order valence-corrected chi connectivity index (χ2v) is 2.65. The zero-order valence-corrected chi connectivity index (χ0v) is 5.77. The van der Waals surface area contributed by atoms with Crippen LogP contribution in [0.15, 0.2) is 0 Å². The molecule has 0 heterocycles. The molecule has 0 saturated heterocycles. The van der Waals surface area contributed by atoms with Gasteiger partial charge in [-0.25, -0.2) is 0 Å². The van der Waals surface area contributed by atoms with Gasteiger partial charge in [0.05, 0.1) is 0 Å². The average molecular weight is 113 g/mol. The van der Waals surface area contributed by atoms with Crippen LogP contribution in [0.2, 0.25) is 0 Å². The van der Waals surface area contributed by atoms with Crippen molar-refractivity contribution >= 4 is 6.29 Å². The van der Waals surface area contributed by atoms with Crippen molar-refractivity contribution < 1.29 is 4.79 Å². The molecule has 0 aliphatic carbocycles. The Bertz CT molecular complexity index is 66.8. The topological polar surface area (TPSA) is 17.1 Å². The van der Waals surface area contributed by atoms with E-state index in [2.05, 4.69) is 13.8 Å². The fraction of sp³-hybridized carbons (Fsp3) is 0.857. The summed E-state index contributed by atoms with van der Waals surface area (Å²) in [4.78, 5) is 9.92. The third kappa shape index (κ3) is 3.85. The Hall–Kier alpha value is -0.330. The van der Waals surface area contributed by atoms with Gasteiger partial charge in [-0.15, -0.1) is 0 Å². The number of hydrogen-bond acceptors (Lipinski definition) is 1. The SMILES string of the molecule is CC(C)CC(C)[C]=O. The maximum Gasteiger partial charge on any atom is 0.201 e. The third-order valence-corrected chi connectivity index (χ3v) is 1.03. The third-order valence-electron chi connectivity index (χ3n) is 1.03. The van der Waals surface area contributed by atoms with E-state index in [1.165, 1.54) is 0 Å². The molecule has 1 nitrogen and oxygen atoms in total. The van der Waals surface area contributed by atoms with Crippen molar-refractivity contribution in [1.29, 1.82) is 0 Å². The Labute approximate surface area is 51.1 Å². The second-order valence-electron chi connectivity index (χ2n) is 2.65. The van der Waals surface area contributed by atoms with Gasteiger partial charge < -0.3 is 0 Å². The molecule has 0 fully saturated rings. The molecule has 47 valence electrons. The van der Waals surface area contributed by atoms with E-state index in [0.29, 0.717) is 5.92 Å². The molecule has 1 atom stereocenters. The van der Waals surface area contributed by atoms with Gasteiger partial charge in [0.2, 0.25) is 6.29 Å². The molecule has 0 N–H and O–H groups in total. The van der Waals surface area contributed by atoms with Crippen LogP contribution in [0.4, 0.5) is 0 Å². The van der Waals surface area contributed by atoms with E-state index in [4.69, 9.17) is 0 Å². The fourth-order valence-electron chi connectivity index (χ4n) is 0.755. The minimum absolute atomic E-state index is 0.120. The molecular weight excluding hydrogens is 100 g/mol. The van der Waals surface area contributed by atoms with Gasteiger partial charge in [0.15, 0.2) is 0 Å². The molecule has 0 aromatic rings. The quantitative estimate of drug-likeness (QED) is 0.545. The Balaban J connectivity index is 3.23. The van der Waals surface area contributed by atoms with Gasteiger partial charge in [-0.05, 0) is 12.3 Å². The summed E-state index contributed by atoms with van der Waals surface area (Å²) in [7, 11) is 0. The summed E-state index contributed by atoms with van der Waals surface area (Å²) in [5.74, 6) is 0.737.